The first-order valence-corrected chi connectivity index (χ1v) is 5.58. The number of benzene rings is 1. The van der Waals surface area contributed by atoms with E-state index in [-0.39, 0.29) is 5.82 Å². The van der Waals surface area contributed by atoms with E-state index in [9.17, 15) is 4.39 Å². The minimum absolute atomic E-state index is 0.213. The number of hydrazine groups is 1. The molecular formula is C11H15FN2S. The van der Waals surface area contributed by atoms with Crippen molar-refractivity contribution in [3.63, 3.8) is 0 Å². The summed E-state index contributed by atoms with van der Waals surface area (Å²) in [6.07, 6.45) is 0.901. The molecule has 0 unspecified atom stereocenters. The van der Waals surface area contributed by atoms with Gasteiger partial charge < -0.3 is 5.43 Å². The van der Waals surface area contributed by atoms with Crippen LogP contribution in [-0.2, 0) is 0 Å². The van der Waals surface area contributed by atoms with E-state index in [1.165, 1.54) is 12.1 Å². The van der Waals surface area contributed by atoms with Crippen molar-refractivity contribution in [1.82, 2.24) is 5.43 Å². The lowest BCUT2D eigenvalue weighted by molar-refractivity contribution is 0.626. The third-order valence-corrected chi connectivity index (χ3v) is 3.36. The predicted molar refractivity (Wildman–Crippen MR) is 62.6 cm³/mol. The molecule has 1 rings (SSSR count). The number of allylic oxidation sites excluding steroid dienone is 2. The van der Waals surface area contributed by atoms with Gasteiger partial charge in [-0.25, -0.2) is 4.39 Å². The zero-order valence-electron chi connectivity index (χ0n) is 8.88. The number of nitrogens with one attached hydrogen (secondary N) is 1. The molecule has 0 atom stereocenters. The third-order valence-electron chi connectivity index (χ3n) is 2.01. The number of hydrogen-bond donors (Lipinski definition) is 2. The Morgan fingerprint density at radius 1 is 1.40 bits per heavy atom. The second-order valence-electron chi connectivity index (χ2n) is 3.10. The Morgan fingerprint density at radius 2 is 2.00 bits per heavy atom. The fraction of sp³-hybridized carbons (Fsp3) is 0.273. The molecule has 4 heteroatoms. The maximum atomic E-state index is 12.7. The molecule has 1 aromatic rings. The van der Waals surface area contributed by atoms with Crippen LogP contribution in [0.1, 0.15) is 20.3 Å². The molecule has 0 saturated heterocycles. The maximum absolute atomic E-state index is 12.7. The van der Waals surface area contributed by atoms with Crippen LogP contribution in [0.5, 0.6) is 0 Å². The molecule has 0 spiro atoms. The van der Waals surface area contributed by atoms with Gasteiger partial charge in [-0.2, -0.15) is 0 Å². The second kappa shape index (κ2) is 5.78. The summed E-state index contributed by atoms with van der Waals surface area (Å²) in [5.74, 6) is 5.13. The van der Waals surface area contributed by atoms with Crippen molar-refractivity contribution in [3.05, 3.63) is 40.7 Å². The molecule has 82 valence electrons. The summed E-state index contributed by atoms with van der Waals surface area (Å²) in [5, 5.41) is 0. The summed E-state index contributed by atoms with van der Waals surface area (Å²) in [4.78, 5) is 2.17. The standard InChI is InChI=1S/C11H15FN2S/c1-3-11(8(2)14-13)15-10-6-4-9(12)5-7-10/h4-7,14H,3,13H2,1-2H3/b11-8+. The Bertz CT molecular complexity index is 346. The van der Waals surface area contributed by atoms with Crippen LogP contribution in [0.15, 0.2) is 39.8 Å². The highest BCUT2D eigenvalue weighted by Gasteiger charge is 2.02. The lowest BCUT2D eigenvalue weighted by Gasteiger charge is -2.09. The van der Waals surface area contributed by atoms with E-state index < -0.39 is 0 Å². The van der Waals surface area contributed by atoms with Gasteiger partial charge >= 0.3 is 0 Å². The SMILES string of the molecule is CC/C(Sc1ccc(F)cc1)=C(/C)NN. The first kappa shape index (κ1) is 12.1. The topological polar surface area (TPSA) is 38.0 Å². The molecule has 0 radical (unpaired) electrons. The predicted octanol–water partition coefficient (Wildman–Crippen LogP) is 3.02. The monoisotopic (exact) mass is 226 g/mol. The molecule has 0 aromatic heterocycles. The Morgan fingerprint density at radius 3 is 2.47 bits per heavy atom. The Hall–Kier alpha value is -1.00. The van der Waals surface area contributed by atoms with Gasteiger partial charge in [0.15, 0.2) is 0 Å². The molecule has 1 aromatic carbocycles. The van der Waals surface area contributed by atoms with Crippen molar-refractivity contribution in [3.8, 4) is 0 Å². The van der Waals surface area contributed by atoms with Crippen LogP contribution in [0.3, 0.4) is 0 Å². The van der Waals surface area contributed by atoms with Crippen LogP contribution >= 0.6 is 11.8 Å². The van der Waals surface area contributed by atoms with E-state index in [0.29, 0.717) is 0 Å². The summed E-state index contributed by atoms with van der Waals surface area (Å²) in [6, 6.07) is 6.44. The van der Waals surface area contributed by atoms with Gasteiger partial charge in [0.25, 0.3) is 0 Å². The molecular weight excluding hydrogens is 211 g/mol. The van der Waals surface area contributed by atoms with Gasteiger partial charge in [0.2, 0.25) is 0 Å². The second-order valence-corrected chi connectivity index (χ2v) is 4.27. The highest BCUT2D eigenvalue weighted by Crippen LogP contribution is 2.30. The van der Waals surface area contributed by atoms with E-state index in [1.54, 1.807) is 23.9 Å². The average molecular weight is 226 g/mol. The lowest BCUT2D eigenvalue weighted by atomic mass is 10.3. The van der Waals surface area contributed by atoms with Crippen molar-refractivity contribution in [1.29, 1.82) is 0 Å². The molecule has 3 N–H and O–H groups in total. The van der Waals surface area contributed by atoms with Gasteiger partial charge in [-0.05, 0) is 37.6 Å². The summed E-state index contributed by atoms with van der Waals surface area (Å²) >= 11 is 1.60. The van der Waals surface area contributed by atoms with E-state index in [1.807, 2.05) is 6.92 Å². The fourth-order valence-corrected chi connectivity index (χ4v) is 2.05. The quantitative estimate of drug-likeness (QED) is 0.471. The smallest absolute Gasteiger partial charge is 0.123 e. The van der Waals surface area contributed by atoms with E-state index in [0.717, 1.165) is 21.9 Å². The van der Waals surface area contributed by atoms with Crippen molar-refractivity contribution in [2.75, 3.05) is 0 Å². The van der Waals surface area contributed by atoms with Crippen molar-refractivity contribution < 1.29 is 4.39 Å². The van der Waals surface area contributed by atoms with Crippen LogP contribution in [-0.4, -0.2) is 0 Å². The molecule has 0 aliphatic carbocycles. The molecule has 2 nitrogen and oxygen atoms in total. The maximum Gasteiger partial charge on any atom is 0.123 e. The van der Waals surface area contributed by atoms with E-state index in [2.05, 4.69) is 12.3 Å². The Kier molecular flexibility index (Phi) is 4.65. The molecule has 0 aliphatic heterocycles. The van der Waals surface area contributed by atoms with Gasteiger partial charge in [-0.1, -0.05) is 18.7 Å². The van der Waals surface area contributed by atoms with Crippen molar-refractivity contribution in [2.45, 2.75) is 25.2 Å². The fourth-order valence-electron chi connectivity index (χ4n) is 1.14. The van der Waals surface area contributed by atoms with Crippen molar-refractivity contribution in [2.24, 2.45) is 5.84 Å². The minimum Gasteiger partial charge on any atom is -0.328 e. The number of rotatable bonds is 4. The highest BCUT2D eigenvalue weighted by atomic mass is 32.2. The highest BCUT2D eigenvalue weighted by molar-refractivity contribution is 8.03. The number of hydrogen-bond acceptors (Lipinski definition) is 3. The molecule has 0 bridgehead atoms. The zero-order valence-corrected chi connectivity index (χ0v) is 9.70. The van der Waals surface area contributed by atoms with Crippen LogP contribution in [0.2, 0.25) is 0 Å². The average Bonchev–Trinajstić information content (AvgIpc) is 2.27. The van der Waals surface area contributed by atoms with Gasteiger partial charge in [-0.15, -0.1) is 0 Å². The van der Waals surface area contributed by atoms with Crippen LogP contribution < -0.4 is 11.3 Å². The van der Waals surface area contributed by atoms with Crippen LogP contribution in [0.4, 0.5) is 4.39 Å². The van der Waals surface area contributed by atoms with Gasteiger partial charge in [0.1, 0.15) is 5.82 Å². The third kappa shape index (κ3) is 3.57. The minimum atomic E-state index is -0.213. The molecule has 0 aliphatic rings. The van der Waals surface area contributed by atoms with Crippen LogP contribution in [0.25, 0.3) is 0 Å². The Balaban J connectivity index is 2.80. The first-order valence-electron chi connectivity index (χ1n) is 4.77. The molecule has 0 amide bonds. The van der Waals surface area contributed by atoms with Gasteiger partial charge in [0, 0.05) is 15.5 Å². The molecule has 15 heavy (non-hydrogen) atoms. The molecule has 0 heterocycles. The summed E-state index contributed by atoms with van der Waals surface area (Å²) in [6.45, 7) is 3.99. The van der Waals surface area contributed by atoms with E-state index in [4.69, 9.17) is 5.84 Å². The molecule has 0 fully saturated rings. The van der Waals surface area contributed by atoms with Crippen LogP contribution in [0, 0.1) is 5.82 Å². The summed E-state index contributed by atoms with van der Waals surface area (Å²) < 4.78 is 12.7. The van der Waals surface area contributed by atoms with Gasteiger partial charge in [0.05, 0.1) is 0 Å². The lowest BCUT2D eigenvalue weighted by Crippen LogP contribution is -2.20. The normalized spacial score (nSPS) is 12.3. The first-order chi connectivity index (χ1) is 7.17. The number of halogens is 1. The number of thioether (sulfide) groups is 1. The largest absolute Gasteiger partial charge is 0.328 e. The van der Waals surface area contributed by atoms with Crippen molar-refractivity contribution >= 4 is 11.8 Å². The molecule has 0 saturated carbocycles. The summed E-state index contributed by atoms with van der Waals surface area (Å²) in [5.41, 5.74) is 3.58. The number of nitrogens with two attached hydrogens (primary N) is 1. The van der Waals surface area contributed by atoms with Gasteiger partial charge in [-0.3, -0.25) is 5.84 Å². The summed E-state index contributed by atoms with van der Waals surface area (Å²) in [7, 11) is 0. The Labute approximate surface area is 93.7 Å². The zero-order chi connectivity index (χ0) is 11.3. The van der Waals surface area contributed by atoms with E-state index >= 15 is 0 Å².